The minimum atomic E-state index is -0.255. The highest BCUT2D eigenvalue weighted by atomic mass is 79.9. The van der Waals surface area contributed by atoms with Crippen molar-refractivity contribution in [3.05, 3.63) is 95.3 Å². The van der Waals surface area contributed by atoms with Crippen LogP contribution >= 0.6 is 47.8 Å². The van der Waals surface area contributed by atoms with Gasteiger partial charge >= 0.3 is 0 Å². The Bertz CT molecular complexity index is 1420. The van der Waals surface area contributed by atoms with Crippen molar-refractivity contribution in [2.45, 2.75) is 13.5 Å². The van der Waals surface area contributed by atoms with Crippen LogP contribution in [0.4, 0.5) is 0 Å². The van der Waals surface area contributed by atoms with Crippen LogP contribution in [0.1, 0.15) is 17.0 Å². The summed E-state index contributed by atoms with van der Waals surface area (Å²) < 4.78 is 15.5. The van der Waals surface area contributed by atoms with E-state index in [2.05, 4.69) is 57.9 Å². The molecule has 168 valence electrons. The molecule has 1 heterocycles. The van der Waals surface area contributed by atoms with Crippen molar-refractivity contribution in [1.82, 2.24) is 9.66 Å². The molecule has 0 aliphatic carbocycles. The molecule has 0 atom stereocenters. The van der Waals surface area contributed by atoms with Crippen LogP contribution in [0.5, 0.6) is 11.5 Å². The summed E-state index contributed by atoms with van der Waals surface area (Å²) in [5.41, 5.74) is 2.02. The van der Waals surface area contributed by atoms with Crippen LogP contribution in [0.15, 0.2) is 77.9 Å². The average molecular weight is 636 g/mol. The lowest BCUT2D eigenvalue weighted by molar-refractivity contribution is 0.284. The summed E-state index contributed by atoms with van der Waals surface area (Å²) in [6, 6.07) is 16.9. The molecule has 0 unspecified atom stereocenters. The van der Waals surface area contributed by atoms with Crippen LogP contribution in [0.2, 0.25) is 0 Å². The first-order valence-corrected chi connectivity index (χ1v) is 12.2. The van der Waals surface area contributed by atoms with Crippen molar-refractivity contribution in [1.29, 1.82) is 0 Å². The highest BCUT2D eigenvalue weighted by molar-refractivity contribution is 9.11. The van der Waals surface area contributed by atoms with Gasteiger partial charge in [0.15, 0.2) is 11.5 Å². The zero-order chi connectivity index (χ0) is 23.5. The number of aryl methyl sites for hydroxylation is 1. The van der Waals surface area contributed by atoms with E-state index in [-0.39, 0.29) is 5.56 Å². The summed E-state index contributed by atoms with van der Waals surface area (Å²) in [5.74, 6) is 1.55. The Labute approximate surface area is 215 Å². The first-order valence-electron chi connectivity index (χ1n) is 9.84. The summed E-state index contributed by atoms with van der Waals surface area (Å²) in [7, 11) is 1.58. The molecule has 9 heteroatoms. The van der Waals surface area contributed by atoms with E-state index in [0.29, 0.717) is 40.4 Å². The number of methoxy groups -OCH3 is 1. The molecule has 4 aromatic rings. The second-order valence-electron chi connectivity index (χ2n) is 7.12. The lowest BCUT2D eigenvalue weighted by Gasteiger charge is -2.14. The molecule has 3 aromatic carbocycles. The van der Waals surface area contributed by atoms with Gasteiger partial charge in [0.05, 0.1) is 24.2 Å². The number of hydrogen-bond donors (Lipinski definition) is 0. The Morgan fingerprint density at radius 3 is 2.45 bits per heavy atom. The quantitative estimate of drug-likeness (QED) is 0.228. The molecule has 4 rings (SSSR count). The predicted octanol–water partition coefficient (Wildman–Crippen LogP) is 6.46. The Kier molecular flexibility index (Phi) is 7.31. The fourth-order valence-electron chi connectivity index (χ4n) is 3.24. The first kappa shape index (κ1) is 23.7. The van der Waals surface area contributed by atoms with E-state index in [9.17, 15) is 4.79 Å². The van der Waals surface area contributed by atoms with Gasteiger partial charge in [0.2, 0.25) is 0 Å². The highest BCUT2D eigenvalue weighted by Crippen LogP contribution is 2.34. The van der Waals surface area contributed by atoms with Crippen LogP contribution in [-0.2, 0) is 6.61 Å². The van der Waals surface area contributed by atoms with Crippen molar-refractivity contribution >= 4 is 64.9 Å². The molecular formula is C24H18Br3N3O3. The summed E-state index contributed by atoms with van der Waals surface area (Å²) in [4.78, 5) is 17.6. The van der Waals surface area contributed by atoms with E-state index >= 15 is 0 Å². The van der Waals surface area contributed by atoms with Crippen LogP contribution in [0.25, 0.3) is 10.9 Å². The Morgan fingerprint density at radius 1 is 1.00 bits per heavy atom. The molecule has 0 aliphatic heterocycles. The molecule has 1 aromatic heterocycles. The second kappa shape index (κ2) is 10.2. The minimum absolute atomic E-state index is 0.255. The molecule has 0 saturated carbocycles. The SMILES string of the molecule is COc1cc(Br)cc(C=Nn2c(C)nc3ccc(Br)cc3c2=O)c1OCc1ccc(Br)cc1. The van der Waals surface area contributed by atoms with Crippen molar-refractivity contribution in [3.63, 3.8) is 0 Å². The highest BCUT2D eigenvalue weighted by Gasteiger charge is 2.13. The van der Waals surface area contributed by atoms with E-state index in [0.717, 1.165) is 19.0 Å². The zero-order valence-corrected chi connectivity index (χ0v) is 22.4. The number of ether oxygens (including phenoxy) is 2. The average Bonchev–Trinajstić information content (AvgIpc) is 2.79. The molecule has 33 heavy (non-hydrogen) atoms. The molecule has 0 saturated heterocycles. The standard InChI is InChI=1S/C24H18Br3N3O3/c1-14-29-21-8-7-18(26)10-20(21)24(31)30(14)28-12-16-9-19(27)11-22(32-2)23(16)33-13-15-3-5-17(25)6-4-15/h3-12H,13H2,1-2H3. The second-order valence-corrected chi connectivity index (χ2v) is 9.87. The third-order valence-corrected chi connectivity index (χ3v) is 6.33. The van der Waals surface area contributed by atoms with Crippen LogP contribution in [-0.4, -0.2) is 23.0 Å². The lowest BCUT2D eigenvalue weighted by Crippen LogP contribution is -2.20. The summed E-state index contributed by atoms with van der Waals surface area (Å²) >= 11 is 10.3. The van der Waals surface area contributed by atoms with Crippen molar-refractivity contribution in [3.8, 4) is 11.5 Å². The maximum atomic E-state index is 13.1. The molecule has 0 fully saturated rings. The fraction of sp³-hybridized carbons (Fsp3) is 0.125. The van der Waals surface area contributed by atoms with Gasteiger partial charge in [-0.3, -0.25) is 4.79 Å². The number of rotatable bonds is 6. The first-order chi connectivity index (χ1) is 15.9. The Morgan fingerprint density at radius 2 is 1.73 bits per heavy atom. The fourth-order valence-corrected chi connectivity index (χ4v) is 4.32. The maximum Gasteiger partial charge on any atom is 0.282 e. The molecule has 6 nitrogen and oxygen atoms in total. The van der Waals surface area contributed by atoms with E-state index in [1.54, 1.807) is 32.4 Å². The van der Waals surface area contributed by atoms with E-state index in [4.69, 9.17) is 9.47 Å². The summed E-state index contributed by atoms with van der Waals surface area (Å²) in [6.45, 7) is 2.09. The smallest absolute Gasteiger partial charge is 0.282 e. The van der Waals surface area contributed by atoms with Crippen LogP contribution < -0.4 is 15.0 Å². The lowest BCUT2D eigenvalue weighted by atomic mass is 10.2. The molecule has 0 amide bonds. The predicted molar refractivity (Wildman–Crippen MR) is 141 cm³/mol. The van der Waals surface area contributed by atoms with E-state index < -0.39 is 0 Å². The minimum Gasteiger partial charge on any atom is -0.493 e. The van der Waals surface area contributed by atoms with Crippen LogP contribution in [0.3, 0.4) is 0 Å². The topological polar surface area (TPSA) is 65.7 Å². The van der Waals surface area contributed by atoms with Gasteiger partial charge in [-0.2, -0.15) is 9.78 Å². The van der Waals surface area contributed by atoms with Crippen molar-refractivity contribution in [2.75, 3.05) is 7.11 Å². The van der Waals surface area contributed by atoms with Crippen LogP contribution in [0, 0.1) is 6.92 Å². The third kappa shape index (κ3) is 5.37. The van der Waals surface area contributed by atoms with Gasteiger partial charge in [0, 0.05) is 19.0 Å². The Hall–Kier alpha value is -2.49. The van der Waals surface area contributed by atoms with Crippen molar-refractivity contribution < 1.29 is 9.47 Å². The maximum absolute atomic E-state index is 13.1. The monoisotopic (exact) mass is 633 g/mol. The van der Waals surface area contributed by atoms with Gasteiger partial charge in [0.25, 0.3) is 5.56 Å². The molecule has 0 radical (unpaired) electrons. The molecular weight excluding hydrogens is 618 g/mol. The van der Waals surface area contributed by atoms with Gasteiger partial charge in [-0.05, 0) is 55.0 Å². The van der Waals surface area contributed by atoms with Gasteiger partial charge in [-0.1, -0.05) is 59.9 Å². The zero-order valence-electron chi connectivity index (χ0n) is 17.7. The number of aromatic nitrogens is 2. The molecule has 0 spiro atoms. The number of nitrogens with zero attached hydrogens (tertiary/aromatic N) is 3. The number of fused-ring (bicyclic) bond motifs is 1. The number of benzene rings is 3. The van der Waals surface area contributed by atoms with Crippen molar-refractivity contribution in [2.24, 2.45) is 5.10 Å². The van der Waals surface area contributed by atoms with Gasteiger partial charge < -0.3 is 9.47 Å². The number of halogens is 3. The van der Waals surface area contributed by atoms with E-state index in [1.807, 2.05) is 42.5 Å². The Balaban J connectivity index is 1.74. The van der Waals surface area contributed by atoms with E-state index in [1.165, 1.54) is 4.68 Å². The molecule has 0 aliphatic rings. The third-order valence-electron chi connectivity index (χ3n) is 4.85. The van der Waals surface area contributed by atoms with Gasteiger partial charge in [0.1, 0.15) is 12.4 Å². The molecule has 0 N–H and O–H groups in total. The summed E-state index contributed by atoms with van der Waals surface area (Å²) in [6.07, 6.45) is 1.57. The summed E-state index contributed by atoms with van der Waals surface area (Å²) in [5, 5.41) is 4.92. The van der Waals surface area contributed by atoms with Gasteiger partial charge in [-0.15, -0.1) is 0 Å². The molecule has 0 bridgehead atoms. The normalized spacial score (nSPS) is 11.3. The number of hydrogen-bond acceptors (Lipinski definition) is 5. The van der Waals surface area contributed by atoms with Gasteiger partial charge in [-0.25, -0.2) is 4.98 Å². The largest absolute Gasteiger partial charge is 0.493 e.